The monoisotopic (exact) mass is 404 g/mol. The van der Waals surface area contributed by atoms with E-state index in [1.165, 1.54) is 34.9 Å². The molecule has 0 aliphatic carbocycles. The second-order valence-corrected chi connectivity index (χ2v) is 7.45. The van der Waals surface area contributed by atoms with Crippen molar-refractivity contribution < 1.29 is 19.8 Å². The highest BCUT2D eigenvalue weighted by atomic mass is 32.2. The van der Waals surface area contributed by atoms with E-state index >= 15 is 0 Å². The fourth-order valence-electron chi connectivity index (χ4n) is 3.05. The maximum absolute atomic E-state index is 12.7. The van der Waals surface area contributed by atoms with Crippen LogP contribution in [0.3, 0.4) is 0 Å². The molecule has 7 heteroatoms. The number of hydrogen-bond acceptors (Lipinski definition) is 5. The molecule has 6 nitrogen and oxygen atoms in total. The molecule has 2 N–H and O–H groups in total. The highest BCUT2D eigenvalue weighted by Gasteiger charge is 2.30. The Labute approximate surface area is 170 Å². The van der Waals surface area contributed by atoms with Crippen molar-refractivity contribution in [2.75, 3.05) is 7.05 Å². The van der Waals surface area contributed by atoms with Gasteiger partial charge in [-0.2, -0.15) is 0 Å². The van der Waals surface area contributed by atoms with Crippen LogP contribution < -0.4 is 0 Å². The van der Waals surface area contributed by atoms with E-state index in [9.17, 15) is 14.7 Å². The zero-order chi connectivity index (χ0) is 20.5. The highest BCUT2D eigenvalue weighted by molar-refractivity contribution is 8.18. The second kappa shape index (κ2) is 7.44. The number of fused-ring (bicyclic) bond motifs is 1. The average molecular weight is 404 g/mol. The Balaban J connectivity index is 1.68. The van der Waals surface area contributed by atoms with E-state index in [4.69, 9.17) is 5.11 Å². The Morgan fingerprint density at radius 2 is 1.86 bits per heavy atom. The maximum Gasteiger partial charge on any atom is 0.339 e. The largest absolute Gasteiger partial charge is 0.507 e. The lowest BCUT2D eigenvalue weighted by Crippen LogP contribution is -2.23. The summed E-state index contributed by atoms with van der Waals surface area (Å²) in [6.45, 7) is 0. The maximum atomic E-state index is 12.7. The normalized spacial score (nSPS) is 16.9. The van der Waals surface area contributed by atoms with Gasteiger partial charge in [0, 0.05) is 13.1 Å². The van der Waals surface area contributed by atoms with Crippen LogP contribution >= 0.6 is 11.8 Å². The molecule has 1 fully saturated rings. The fourth-order valence-corrected chi connectivity index (χ4v) is 4.03. The molecule has 3 aromatic rings. The summed E-state index contributed by atoms with van der Waals surface area (Å²) in [5.41, 5.74) is 1.10. The minimum Gasteiger partial charge on any atom is -0.507 e. The molecule has 1 heterocycles. The first-order valence-electron chi connectivity index (χ1n) is 8.74. The SMILES string of the molecule is CN1C(=O)/C(=C/c2cccc3ccccc23)SC1=Nc1ccc(C(=O)O)c(O)c1. The number of aliphatic imine (C=N–C) groups is 1. The van der Waals surface area contributed by atoms with E-state index in [2.05, 4.69) is 4.99 Å². The molecule has 1 aliphatic rings. The van der Waals surface area contributed by atoms with Gasteiger partial charge in [0.15, 0.2) is 5.17 Å². The molecule has 3 aromatic carbocycles. The Bertz CT molecular complexity index is 1210. The van der Waals surface area contributed by atoms with Gasteiger partial charge in [0.1, 0.15) is 11.3 Å². The third-order valence-corrected chi connectivity index (χ3v) is 5.61. The molecule has 1 saturated heterocycles. The van der Waals surface area contributed by atoms with Gasteiger partial charge < -0.3 is 10.2 Å². The fraction of sp³-hybridized carbons (Fsp3) is 0.0455. The summed E-state index contributed by atoms with van der Waals surface area (Å²) >= 11 is 1.23. The number of hydrogen-bond donors (Lipinski definition) is 2. The van der Waals surface area contributed by atoms with E-state index < -0.39 is 5.97 Å². The number of rotatable bonds is 3. The summed E-state index contributed by atoms with van der Waals surface area (Å²) in [6, 6.07) is 17.9. The van der Waals surface area contributed by atoms with Crippen molar-refractivity contribution in [3.63, 3.8) is 0 Å². The molecule has 0 radical (unpaired) electrons. The summed E-state index contributed by atoms with van der Waals surface area (Å²) in [4.78, 5) is 30.1. The van der Waals surface area contributed by atoms with E-state index in [0.29, 0.717) is 15.8 Å². The van der Waals surface area contributed by atoms with Gasteiger partial charge in [0.2, 0.25) is 0 Å². The molecule has 0 unspecified atom stereocenters. The number of likely N-dealkylation sites (N-methyl/N-ethyl adjacent to an activating group) is 1. The number of nitrogens with zero attached hydrogens (tertiary/aromatic N) is 2. The number of aromatic carboxylic acids is 1. The number of carboxylic acids is 1. The third kappa shape index (κ3) is 3.60. The van der Waals surface area contributed by atoms with E-state index in [0.717, 1.165) is 16.3 Å². The zero-order valence-electron chi connectivity index (χ0n) is 15.4. The van der Waals surface area contributed by atoms with Crippen LogP contribution in [0.4, 0.5) is 5.69 Å². The van der Waals surface area contributed by atoms with Gasteiger partial charge in [-0.25, -0.2) is 9.79 Å². The lowest BCUT2D eigenvalue weighted by molar-refractivity contribution is -0.121. The van der Waals surface area contributed by atoms with Crippen LogP contribution in [0.25, 0.3) is 16.8 Å². The number of carboxylic acid groups (broad SMARTS) is 1. The molecule has 0 saturated carbocycles. The second-order valence-electron chi connectivity index (χ2n) is 6.44. The number of thioether (sulfide) groups is 1. The summed E-state index contributed by atoms with van der Waals surface area (Å²) in [5, 5.41) is 21.5. The minimum absolute atomic E-state index is 0.173. The van der Waals surface area contributed by atoms with Crippen molar-refractivity contribution in [3.8, 4) is 5.75 Å². The molecule has 0 spiro atoms. The smallest absolute Gasteiger partial charge is 0.339 e. The van der Waals surface area contributed by atoms with Crippen molar-refractivity contribution in [1.29, 1.82) is 0 Å². The zero-order valence-corrected chi connectivity index (χ0v) is 16.2. The van der Waals surface area contributed by atoms with Gasteiger partial charge >= 0.3 is 5.97 Å². The van der Waals surface area contributed by atoms with Crippen molar-refractivity contribution in [2.45, 2.75) is 0 Å². The molecular weight excluding hydrogens is 388 g/mol. The van der Waals surface area contributed by atoms with Gasteiger partial charge in [-0.05, 0) is 46.3 Å². The average Bonchev–Trinajstić information content (AvgIpc) is 2.96. The van der Waals surface area contributed by atoms with Gasteiger partial charge in [-0.3, -0.25) is 9.69 Å². The molecule has 0 atom stereocenters. The molecule has 0 bridgehead atoms. The van der Waals surface area contributed by atoms with Crippen LogP contribution in [0.5, 0.6) is 5.75 Å². The van der Waals surface area contributed by atoms with Crippen molar-refractivity contribution in [3.05, 3.63) is 76.7 Å². The number of benzene rings is 3. The Morgan fingerprint density at radius 1 is 1.10 bits per heavy atom. The number of carbonyl (C=O) groups is 2. The molecular formula is C22H16N2O4S. The quantitative estimate of drug-likeness (QED) is 0.628. The molecule has 29 heavy (non-hydrogen) atoms. The first-order chi connectivity index (χ1) is 13.9. The Morgan fingerprint density at radius 3 is 2.62 bits per heavy atom. The highest BCUT2D eigenvalue weighted by Crippen LogP contribution is 2.35. The Hall–Kier alpha value is -3.58. The van der Waals surface area contributed by atoms with Crippen molar-refractivity contribution in [2.24, 2.45) is 4.99 Å². The lowest BCUT2D eigenvalue weighted by Gasteiger charge is -2.07. The molecule has 4 rings (SSSR count). The van der Waals surface area contributed by atoms with Crippen LogP contribution in [-0.4, -0.2) is 39.2 Å². The van der Waals surface area contributed by atoms with Gasteiger partial charge in [-0.15, -0.1) is 0 Å². The number of amidine groups is 1. The Kier molecular flexibility index (Phi) is 4.82. The standard InChI is InChI=1S/C22H16N2O4S/c1-24-20(26)19(11-14-7-4-6-13-5-2-3-8-16(13)14)29-22(24)23-15-9-10-17(21(27)28)18(25)12-15/h2-12,25H,1H3,(H,27,28)/b19-11-,23-22?. The first kappa shape index (κ1) is 18.8. The number of aromatic hydroxyl groups is 1. The number of amides is 1. The third-order valence-electron chi connectivity index (χ3n) is 4.55. The predicted molar refractivity (Wildman–Crippen MR) is 114 cm³/mol. The summed E-state index contributed by atoms with van der Waals surface area (Å²) in [6.07, 6.45) is 1.85. The molecule has 1 amide bonds. The van der Waals surface area contributed by atoms with Crippen molar-refractivity contribution >= 4 is 51.3 Å². The van der Waals surface area contributed by atoms with Crippen LogP contribution in [-0.2, 0) is 4.79 Å². The van der Waals surface area contributed by atoms with Crippen LogP contribution in [0.15, 0.2) is 70.6 Å². The summed E-state index contributed by atoms with van der Waals surface area (Å²) < 4.78 is 0. The topological polar surface area (TPSA) is 90.2 Å². The van der Waals surface area contributed by atoms with E-state index in [1.54, 1.807) is 7.05 Å². The van der Waals surface area contributed by atoms with Crippen LogP contribution in [0.1, 0.15) is 15.9 Å². The van der Waals surface area contributed by atoms with Crippen LogP contribution in [0, 0.1) is 0 Å². The van der Waals surface area contributed by atoms with Gasteiger partial charge in [0.25, 0.3) is 5.91 Å². The number of carbonyl (C=O) groups excluding carboxylic acids is 1. The van der Waals surface area contributed by atoms with Gasteiger partial charge in [-0.1, -0.05) is 42.5 Å². The van der Waals surface area contributed by atoms with Crippen molar-refractivity contribution in [1.82, 2.24) is 4.90 Å². The summed E-state index contributed by atoms with van der Waals surface area (Å²) in [7, 11) is 1.63. The first-order valence-corrected chi connectivity index (χ1v) is 9.56. The molecule has 144 valence electrons. The van der Waals surface area contributed by atoms with Gasteiger partial charge in [0.05, 0.1) is 10.6 Å². The molecule has 0 aromatic heterocycles. The summed E-state index contributed by atoms with van der Waals surface area (Å²) in [5.74, 6) is -1.76. The predicted octanol–water partition coefficient (Wildman–Crippen LogP) is 4.48. The minimum atomic E-state index is -1.22. The van der Waals surface area contributed by atoms with E-state index in [-0.39, 0.29) is 17.2 Å². The number of phenols is 1. The molecule has 1 aliphatic heterocycles. The lowest BCUT2D eigenvalue weighted by atomic mass is 10.0. The van der Waals surface area contributed by atoms with E-state index in [1.807, 2.05) is 48.5 Å². The van der Waals surface area contributed by atoms with Crippen LogP contribution in [0.2, 0.25) is 0 Å².